The molecular weight excluding hydrogens is 164 g/mol. The fraction of sp³-hybridized carbons (Fsp3) is 1.00. The Kier molecular flexibility index (Phi) is 1.49. The zero-order valence-corrected chi connectivity index (χ0v) is 7.19. The molecule has 3 unspecified atom stereocenters. The lowest BCUT2D eigenvalue weighted by atomic mass is 9.81. The van der Waals surface area contributed by atoms with Gasteiger partial charge in [-0.3, -0.25) is 0 Å². The quantitative estimate of drug-likeness (QED) is 0.561. The normalized spacial score (nSPS) is 42.1. The molecule has 1 aliphatic carbocycles. The van der Waals surface area contributed by atoms with Crippen molar-refractivity contribution in [2.45, 2.75) is 18.5 Å². The van der Waals surface area contributed by atoms with E-state index in [2.05, 4.69) is 10.0 Å². The lowest BCUT2D eigenvalue weighted by Gasteiger charge is -2.34. The Morgan fingerprint density at radius 1 is 1.55 bits per heavy atom. The van der Waals surface area contributed by atoms with Crippen LogP contribution in [-0.2, 0) is 10.0 Å². The van der Waals surface area contributed by atoms with E-state index in [9.17, 15) is 8.42 Å². The van der Waals surface area contributed by atoms with E-state index in [4.69, 9.17) is 0 Å². The van der Waals surface area contributed by atoms with Gasteiger partial charge in [-0.2, -0.15) is 0 Å². The summed E-state index contributed by atoms with van der Waals surface area (Å²) in [5.41, 5.74) is 0. The first-order valence-electron chi connectivity index (χ1n) is 3.77. The topological polar surface area (TPSA) is 58.2 Å². The van der Waals surface area contributed by atoms with Gasteiger partial charge < -0.3 is 5.32 Å². The van der Waals surface area contributed by atoms with E-state index >= 15 is 0 Å². The third-order valence-corrected chi connectivity index (χ3v) is 3.19. The van der Waals surface area contributed by atoms with Crippen LogP contribution in [-0.4, -0.2) is 33.3 Å². The van der Waals surface area contributed by atoms with Crippen molar-refractivity contribution in [1.29, 1.82) is 0 Å². The van der Waals surface area contributed by atoms with E-state index in [1.54, 1.807) is 0 Å². The molecule has 11 heavy (non-hydrogen) atoms. The summed E-state index contributed by atoms with van der Waals surface area (Å²) in [6.07, 6.45) is 2.35. The number of hydrogen-bond acceptors (Lipinski definition) is 3. The van der Waals surface area contributed by atoms with E-state index in [1.807, 2.05) is 0 Å². The van der Waals surface area contributed by atoms with Crippen molar-refractivity contribution in [2.24, 2.45) is 5.92 Å². The molecule has 5 heteroatoms. The van der Waals surface area contributed by atoms with E-state index in [0.717, 1.165) is 13.0 Å². The maximum Gasteiger partial charge on any atom is 0.209 e. The highest BCUT2D eigenvalue weighted by Gasteiger charge is 2.47. The van der Waals surface area contributed by atoms with Gasteiger partial charge in [0.05, 0.1) is 6.26 Å². The van der Waals surface area contributed by atoms with Crippen molar-refractivity contribution in [3.63, 3.8) is 0 Å². The Morgan fingerprint density at radius 3 is 2.64 bits per heavy atom. The summed E-state index contributed by atoms with van der Waals surface area (Å²) >= 11 is 0. The minimum absolute atomic E-state index is 0.171. The van der Waals surface area contributed by atoms with Crippen LogP contribution >= 0.6 is 0 Å². The highest BCUT2D eigenvalue weighted by molar-refractivity contribution is 7.88. The second-order valence-electron chi connectivity index (χ2n) is 3.43. The zero-order valence-electron chi connectivity index (χ0n) is 6.37. The van der Waals surface area contributed by atoms with Gasteiger partial charge in [-0.25, -0.2) is 13.1 Å². The maximum atomic E-state index is 10.8. The molecule has 0 amide bonds. The molecule has 0 aromatic heterocycles. The highest BCUT2D eigenvalue weighted by Crippen LogP contribution is 2.33. The molecule has 2 saturated heterocycles. The summed E-state index contributed by atoms with van der Waals surface area (Å²) < 4.78 is 24.3. The van der Waals surface area contributed by atoms with Crippen molar-refractivity contribution in [3.05, 3.63) is 0 Å². The van der Waals surface area contributed by atoms with E-state index in [0.29, 0.717) is 12.0 Å². The van der Waals surface area contributed by atoms with Gasteiger partial charge in [-0.05, 0) is 18.9 Å². The standard InChI is InChI=1S/C6H12N2O2S/c1-11(9,10)8-6-4-2-5(6)7-3-4/h4-8H,2-3H2,1H3. The molecule has 4 nitrogen and oxygen atoms in total. The number of hydrogen-bond donors (Lipinski definition) is 2. The molecule has 3 fully saturated rings. The van der Waals surface area contributed by atoms with Gasteiger partial charge in [0.1, 0.15) is 0 Å². The SMILES string of the molecule is CS(=O)(=O)NC1C2CNC1C2. The number of sulfonamides is 1. The van der Waals surface area contributed by atoms with Crippen LogP contribution in [0.5, 0.6) is 0 Å². The summed E-state index contributed by atoms with van der Waals surface area (Å²) in [5, 5.41) is 3.24. The van der Waals surface area contributed by atoms with Crippen LogP contribution in [0.25, 0.3) is 0 Å². The van der Waals surface area contributed by atoms with Crippen molar-refractivity contribution >= 4 is 10.0 Å². The van der Waals surface area contributed by atoms with Gasteiger partial charge in [0, 0.05) is 12.1 Å². The first-order valence-corrected chi connectivity index (χ1v) is 5.66. The number of fused-ring (bicyclic) bond motifs is 1. The predicted molar refractivity (Wildman–Crippen MR) is 41.7 cm³/mol. The third-order valence-electron chi connectivity index (χ3n) is 2.49. The Labute approximate surface area is 66.4 Å². The van der Waals surface area contributed by atoms with Crippen molar-refractivity contribution in [3.8, 4) is 0 Å². The molecule has 2 heterocycles. The molecule has 0 radical (unpaired) electrons. The largest absolute Gasteiger partial charge is 0.312 e. The smallest absolute Gasteiger partial charge is 0.209 e. The van der Waals surface area contributed by atoms with Crippen LogP contribution in [0.1, 0.15) is 6.42 Å². The molecule has 3 rings (SSSR count). The summed E-state index contributed by atoms with van der Waals surface area (Å²) in [6.45, 7) is 0.970. The summed E-state index contributed by atoms with van der Waals surface area (Å²) in [5.74, 6) is 0.537. The molecule has 1 saturated carbocycles. The Balaban J connectivity index is 2.00. The lowest BCUT2D eigenvalue weighted by Crippen LogP contribution is -2.53. The Hall–Kier alpha value is -0.130. The van der Waals surface area contributed by atoms with Crippen LogP contribution in [0.3, 0.4) is 0 Å². The van der Waals surface area contributed by atoms with E-state index < -0.39 is 10.0 Å². The Bertz CT molecular complexity index is 248. The summed E-state index contributed by atoms with van der Waals surface area (Å²) in [4.78, 5) is 0. The van der Waals surface area contributed by atoms with Crippen molar-refractivity contribution < 1.29 is 8.42 Å². The first-order chi connectivity index (χ1) is 5.06. The van der Waals surface area contributed by atoms with Crippen molar-refractivity contribution in [1.82, 2.24) is 10.0 Å². The average molecular weight is 176 g/mol. The van der Waals surface area contributed by atoms with Crippen LogP contribution in [0.15, 0.2) is 0 Å². The van der Waals surface area contributed by atoms with Crippen LogP contribution in [0, 0.1) is 5.92 Å². The predicted octanol–water partition coefficient (Wildman–Crippen LogP) is -1.10. The molecular formula is C6H12N2O2S. The molecule has 3 aliphatic rings. The number of nitrogens with one attached hydrogen (secondary N) is 2. The maximum absolute atomic E-state index is 10.8. The summed E-state index contributed by atoms with van der Waals surface area (Å²) in [7, 11) is -3.00. The van der Waals surface area contributed by atoms with E-state index in [-0.39, 0.29) is 6.04 Å². The van der Waals surface area contributed by atoms with Gasteiger partial charge in [-0.1, -0.05) is 0 Å². The minimum Gasteiger partial charge on any atom is -0.312 e. The molecule has 64 valence electrons. The molecule has 0 aromatic rings. The van der Waals surface area contributed by atoms with Crippen LogP contribution < -0.4 is 10.0 Å². The monoisotopic (exact) mass is 176 g/mol. The van der Waals surface area contributed by atoms with Crippen molar-refractivity contribution in [2.75, 3.05) is 12.8 Å². The molecule has 0 aromatic carbocycles. The van der Waals surface area contributed by atoms with Crippen LogP contribution in [0.4, 0.5) is 0 Å². The van der Waals surface area contributed by atoms with Gasteiger partial charge >= 0.3 is 0 Å². The minimum atomic E-state index is -3.00. The van der Waals surface area contributed by atoms with Gasteiger partial charge in [0.2, 0.25) is 10.0 Å². The molecule has 2 aliphatic heterocycles. The lowest BCUT2D eigenvalue weighted by molar-refractivity contribution is 0.281. The highest BCUT2D eigenvalue weighted by atomic mass is 32.2. The van der Waals surface area contributed by atoms with Gasteiger partial charge in [0.25, 0.3) is 0 Å². The Morgan fingerprint density at radius 2 is 2.27 bits per heavy atom. The van der Waals surface area contributed by atoms with Gasteiger partial charge in [-0.15, -0.1) is 0 Å². The second kappa shape index (κ2) is 2.18. The summed E-state index contributed by atoms with van der Waals surface area (Å²) in [6, 6.07) is 0.569. The second-order valence-corrected chi connectivity index (χ2v) is 5.21. The van der Waals surface area contributed by atoms with E-state index in [1.165, 1.54) is 6.26 Å². The fourth-order valence-corrected chi connectivity index (χ4v) is 2.75. The zero-order chi connectivity index (χ0) is 8.06. The molecule has 3 atom stereocenters. The molecule has 2 bridgehead atoms. The van der Waals surface area contributed by atoms with Gasteiger partial charge in [0.15, 0.2) is 0 Å². The first kappa shape index (κ1) is 7.52. The molecule has 0 spiro atoms. The number of rotatable bonds is 2. The fourth-order valence-electron chi connectivity index (χ4n) is 1.90. The molecule has 2 N–H and O–H groups in total. The van der Waals surface area contributed by atoms with Crippen LogP contribution in [0.2, 0.25) is 0 Å². The average Bonchev–Trinajstić information content (AvgIpc) is 2.37. The third kappa shape index (κ3) is 1.28.